The van der Waals surface area contributed by atoms with Crippen molar-refractivity contribution in [3.8, 4) is 0 Å². The molecule has 2 aliphatic rings. The molecule has 0 radical (unpaired) electrons. The largest absolute Gasteiger partial charge is 0.230 e. The minimum atomic E-state index is 0.845. The van der Waals surface area contributed by atoms with Crippen LogP contribution in [0.1, 0.15) is 44.1 Å². The Morgan fingerprint density at radius 2 is 1.75 bits per heavy atom. The van der Waals surface area contributed by atoms with Gasteiger partial charge in [0, 0.05) is 31.2 Å². The van der Waals surface area contributed by atoms with Crippen LogP contribution in [0.3, 0.4) is 0 Å². The van der Waals surface area contributed by atoms with Crippen LogP contribution < -0.4 is 0 Å². The van der Waals surface area contributed by atoms with E-state index in [1.807, 2.05) is 0 Å². The van der Waals surface area contributed by atoms with Crippen LogP contribution in [0.15, 0.2) is 30.3 Å². The fraction of sp³-hybridized carbons (Fsp3) is 0.533. The van der Waals surface area contributed by atoms with Gasteiger partial charge in [0.2, 0.25) is 0 Å². The smallest absolute Gasteiger partial charge is 0.183 e. The second-order valence-electron chi connectivity index (χ2n) is 5.05. The number of hydrogen-bond donors (Lipinski definition) is 0. The molecule has 0 aromatic heterocycles. The van der Waals surface area contributed by atoms with E-state index in [1.54, 1.807) is 5.71 Å². The summed E-state index contributed by atoms with van der Waals surface area (Å²) in [5.41, 5.74) is 3.06. The lowest BCUT2D eigenvalue weighted by Gasteiger charge is -2.27. The maximum Gasteiger partial charge on any atom is 0.183 e. The Morgan fingerprint density at radius 3 is 2.62 bits per heavy atom. The quantitative estimate of drug-likeness (QED) is 0.631. The van der Waals surface area contributed by atoms with Crippen molar-refractivity contribution in [2.75, 3.05) is 6.54 Å². The standard InChI is InChI=1S/C15H20N/c1-2-7-13(8-3-1)15-11-6-10-14-9-4-5-12-16(14)15/h1-3,7-8,14H,4-6,9-12H2/q+1. The van der Waals surface area contributed by atoms with Gasteiger partial charge in [-0.2, -0.15) is 0 Å². The first-order valence-corrected chi connectivity index (χ1v) is 6.63. The van der Waals surface area contributed by atoms with Crippen molar-refractivity contribution in [1.82, 2.24) is 0 Å². The van der Waals surface area contributed by atoms with Gasteiger partial charge >= 0.3 is 0 Å². The van der Waals surface area contributed by atoms with Crippen molar-refractivity contribution < 1.29 is 4.58 Å². The molecule has 1 aromatic rings. The zero-order valence-corrected chi connectivity index (χ0v) is 9.86. The molecule has 1 saturated heterocycles. The highest BCUT2D eigenvalue weighted by atomic mass is 15.1. The van der Waals surface area contributed by atoms with E-state index in [0.29, 0.717) is 0 Å². The van der Waals surface area contributed by atoms with Crippen LogP contribution in [0.4, 0.5) is 0 Å². The van der Waals surface area contributed by atoms with E-state index in [4.69, 9.17) is 0 Å². The van der Waals surface area contributed by atoms with Gasteiger partial charge in [-0.05, 0) is 25.0 Å². The molecule has 0 N–H and O–H groups in total. The Kier molecular flexibility index (Phi) is 2.77. The Morgan fingerprint density at radius 1 is 0.938 bits per heavy atom. The van der Waals surface area contributed by atoms with E-state index < -0.39 is 0 Å². The number of benzene rings is 1. The third-order valence-corrected chi connectivity index (χ3v) is 4.03. The SMILES string of the molecule is c1ccc(C2=[N+]3CCCCC3CCC2)cc1. The lowest BCUT2D eigenvalue weighted by atomic mass is 9.91. The molecule has 1 aromatic carbocycles. The Bertz CT molecular complexity index is 391. The highest BCUT2D eigenvalue weighted by molar-refractivity contribution is 5.97. The summed E-state index contributed by atoms with van der Waals surface area (Å²) in [5.74, 6) is 0. The highest BCUT2D eigenvalue weighted by Gasteiger charge is 2.32. The molecule has 1 nitrogen and oxygen atoms in total. The van der Waals surface area contributed by atoms with E-state index in [9.17, 15) is 0 Å². The summed E-state index contributed by atoms with van der Waals surface area (Å²) in [6.45, 7) is 1.29. The van der Waals surface area contributed by atoms with E-state index in [-0.39, 0.29) is 0 Å². The van der Waals surface area contributed by atoms with Crippen molar-refractivity contribution in [2.45, 2.75) is 44.6 Å². The second kappa shape index (κ2) is 4.40. The van der Waals surface area contributed by atoms with Crippen molar-refractivity contribution in [3.63, 3.8) is 0 Å². The van der Waals surface area contributed by atoms with Gasteiger partial charge in [-0.3, -0.25) is 0 Å². The van der Waals surface area contributed by atoms with Crippen molar-refractivity contribution in [3.05, 3.63) is 35.9 Å². The minimum Gasteiger partial charge on any atom is -0.230 e. The van der Waals surface area contributed by atoms with Crippen LogP contribution in [0, 0.1) is 0 Å². The molecule has 16 heavy (non-hydrogen) atoms. The molecule has 0 aliphatic carbocycles. The number of piperidine rings is 1. The highest BCUT2D eigenvalue weighted by Crippen LogP contribution is 2.25. The van der Waals surface area contributed by atoms with Gasteiger partial charge in [-0.25, -0.2) is 4.58 Å². The van der Waals surface area contributed by atoms with Gasteiger partial charge in [0.25, 0.3) is 0 Å². The average molecular weight is 214 g/mol. The molecule has 1 heteroatoms. The summed E-state index contributed by atoms with van der Waals surface area (Å²) in [6, 6.07) is 11.8. The fourth-order valence-electron chi connectivity index (χ4n) is 3.25. The topological polar surface area (TPSA) is 3.01 Å². The van der Waals surface area contributed by atoms with Gasteiger partial charge in [0.05, 0.1) is 0 Å². The van der Waals surface area contributed by atoms with Gasteiger partial charge < -0.3 is 0 Å². The maximum atomic E-state index is 2.70. The first-order valence-electron chi connectivity index (χ1n) is 6.63. The van der Waals surface area contributed by atoms with Crippen molar-refractivity contribution in [2.24, 2.45) is 0 Å². The Hall–Kier alpha value is -1.11. The number of nitrogens with zero attached hydrogens (tertiary/aromatic N) is 1. The van der Waals surface area contributed by atoms with E-state index in [1.165, 1.54) is 50.6 Å². The molecular formula is C15H20N+. The molecule has 84 valence electrons. The number of rotatable bonds is 1. The predicted octanol–water partition coefficient (Wildman–Crippen LogP) is 3.22. The molecule has 1 fully saturated rings. The van der Waals surface area contributed by atoms with E-state index in [2.05, 4.69) is 34.9 Å². The van der Waals surface area contributed by atoms with Crippen molar-refractivity contribution >= 4 is 5.71 Å². The van der Waals surface area contributed by atoms with Gasteiger partial charge in [0.1, 0.15) is 6.54 Å². The molecule has 0 spiro atoms. The third kappa shape index (κ3) is 1.79. The van der Waals surface area contributed by atoms with Gasteiger partial charge in [0.15, 0.2) is 11.8 Å². The molecule has 1 atom stereocenters. The molecule has 0 amide bonds. The monoisotopic (exact) mass is 214 g/mol. The van der Waals surface area contributed by atoms with Gasteiger partial charge in [-0.1, -0.05) is 18.2 Å². The lowest BCUT2D eigenvalue weighted by molar-refractivity contribution is -0.581. The Labute approximate surface area is 97.8 Å². The van der Waals surface area contributed by atoms with Crippen molar-refractivity contribution in [1.29, 1.82) is 0 Å². The second-order valence-corrected chi connectivity index (χ2v) is 5.05. The van der Waals surface area contributed by atoms with Crippen LogP contribution in [0.2, 0.25) is 0 Å². The molecular weight excluding hydrogens is 194 g/mol. The van der Waals surface area contributed by atoms with Crippen LogP contribution in [0.5, 0.6) is 0 Å². The normalized spacial score (nSPS) is 25.4. The summed E-state index contributed by atoms with van der Waals surface area (Å²) >= 11 is 0. The average Bonchev–Trinajstić information content (AvgIpc) is 2.39. The maximum absolute atomic E-state index is 2.70. The summed E-state index contributed by atoms with van der Waals surface area (Å²) in [6.07, 6.45) is 8.30. The van der Waals surface area contributed by atoms with E-state index in [0.717, 1.165) is 6.04 Å². The van der Waals surface area contributed by atoms with Crippen LogP contribution in [-0.2, 0) is 0 Å². The molecule has 1 unspecified atom stereocenters. The predicted molar refractivity (Wildman–Crippen MR) is 67.2 cm³/mol. The number of hydrogen-bond acceptors (Lipinski definition) is 0. The van der Waals surface area contributed by atoms with Gasteiger partial charge in [-0.15, -0.1) is 0 Å². The first-order chi connectivity index (χ1) is 7.95. The van der Waals surface area contributed by atoms with E-state index >= 15 is 0 Å². The molecule has 0 saturated carbocycles. The molecule has 2 aliphatic heterocycles. The molecule has 2 heterocycles. The van der Waals surface area contributed by atoms with Crippen LogP contribution >= 0.6 is 0 Å². The van der Waals surface area contributed by atoms with Crippen LogP contribution in [0.25, 0.3) is 0 Å². The minimum absolute atomic E-state index is 0.845. The molecule has 0 bridgehead atoms. The zero-order valence-electron chi connectivity index (χ0n) is 9.86. The third-order valence-electron chi connectivity index (χ3n) is 4.03. The Balaban J connectivity index is 2.00. The molecule has 3 rings (SSSR count). The fourth-order valence-corrected chi connectivity index (χ4v) is 3.25. The van der Waals surface area contributed by atoms with Crippen LogP contribution in [-0.4, -0.2) is 22.9 Å². The summed E-state index contributed by atoms with van der Waals surface area (Å²) in [7, 11) is 0. The number of fused-ring (bicyclic) bond motifs is 1. The first kappa shape index (κ1) is 10.1. The summed E-state index contributed by atoms with van der Waals surface area (Å²) in [4.78, 5) is 0. The lowest BCUT2D eigenvalue weighted by Crippen LogP contribution is -2.39. The summed E-state index contributed by atoms with van der Waals surface area (Å²) < 4.78 is 2.70. The summed E-state index contributed by atoms with van der Waals surface area (Å²) in [5, 5.41) is 0. The zero-order chi connectivity index (χ0) is 10.8.